The van der Waals surface area contributed by atoms with Crippen LogP contribution in [0.2, 0.25) is 0 Å². The zero-order valence-electron chi connectivity index (χ0n) is 9.27. The molecular weight excluding hydrogens is 148 g/mol. The molecule has 1 heteroatoms. The maximum absolute atomic E-state index is 5.94. The highest BCUT2D eigenvalue weighted by Crippen LogP contribution is 2.52. The topological polar surface area (TPSA) is 9.23 Å². The van der Waals surface area contributed by atoms with E-state index in [2.05, 4.69) is 41.5 Å². The van der Waals surface area contributed by atoms with E-state index < -0.39 is 0 Å². The summed E-state index contributed by atoms with van der Waals surface area (Å²) < 4.78 is 5.94. The summed E-state index contributed by atoms with van der Waals surface area (Å²) in [6, 6.07) is 0. The molecule has 0 bridgehead atoms. The zero-order valence-corrected chi connectivity index (χ0v) is 9.27. The van der Waals surface area contributed by atoms with Gasteiger partial charge in [0, 0.05) is 0 Å². The second-order valence-electron chi connectivity index (χ2n) is 5.12. The predicted octanol–water partition coefficient (Wildman–Crippen LogP) is 3.24. The van der Waals surface area contributed by atoms with Gasteiger partial charge < -0.3 is 4.74 Å². The summed E-state index contributed by atoms with van der Waals surface area (Å²) in [4.78, 5) is 0. The van der Waals surface area contributed by atoms with Crippen molar-refractivity contribution in [3.63, 3.8) is 0 Å². The van der Waals surface area contributed by atoms with Gasteiger partial charge in [0.2, 0.25) is 0 Å². The summed E-state index contributed by atoms with van der Waals surface area (Å²) in [5.41, 5.74) is 0.606. The first-order chi connectivity index (χ1) is 5.34. The van der Waals surface area contributed by atoms with Crippen molar-refractivity contribution in [2.75, 3.05) is 0 Å². The molecule has 2 atom stereocenters. The number of ether oxygens (including phenoxy) is 1. The van der Waals surface area contributed by atoms with Gasteiger partial charge in [0.1, 0.15) is 0 Å². The van der Waals surface area contributed by atoms with E-state index in [9.17, 15) is 0 Å². The number of hydrogen-bond donors (Lipinski definition) is 0. The molecule has 0 amide bonds. The molecule has 1 aliphatic heterocycles. The minimum atomic E-state index is 0.299. The maximum Gasteiger partial charge on any atom is 0.0633 e. The second kappa shape index (κ2) is 2.73. The smallest absolute Gasteiger partial charge is 0.0633 e. The van der Waals surface area contributed by atoms with Crippen LogP contribution in [0.5, 0.6) is 0 Å². The molecule has 0 saturated carbocycles. The fourth-order valence-corrected chi connectivity index (χ4v) is 2.13. The summed E-state index contributed by atoms with van der Waals surface area (Å²) in [6.07, 6.45) is 1.95. The minimum Gasteiger partial charge on any atom is -0.374 e. The lowest BCUT2D eigenvalue weighted by atomic mass is 9.64. The zero-order chi connectivity index (χ0) is 9.57. The van der Waals surface area contributed by atoms with Gasteiger partial charge in [-0.05, 0) is 24.2 Å². The second-order valence-corrected chi connectivity index (χ2v) is 5.12. The van der Waals surface area contributed by atoms with Crippen molar-refractivity contribution in [3.05, 3.63) is 0 Å². The van der Waals surface area contributed by atoms with Crippen molar-refractivity contribution in [2.45, 2.75) is 60.2 Å². The van der Waals surface area contributed by atoms with Gasteiger partial charge in [-0.1, -0.05) is 34.6 Å². The van der Waals surface area contributed by atoms with Gasteiger partial charge in [0.15, 0.2) is 0 Å². The highest BCUT2D eigenvalue weighted by molar-refractivity contribution is 5.00. The Kier molecular flexibility index (Phi) is 2.28. The van der Waals surface area contributed by atoms with Crippen LogP contribution in [-0.2, 0) is 4.74 Å². The Hall–Kier alpha value is -0.0400. The maximum atomic E-state index is 5.94. The van der Waals surface area contributed by atoms with Crippen molar-refractivity contribution < 1.29 is 4.74 Å². The Labute approximate surface area is 76.5 Å². The van der Waals surface area contributed by atoms with Gasteiger partial charge in [-0.2, -0.15) is 0 Å². The molecule has 72 valence electrons. The molecule has 2 unspecified atom stereocenters. The SMILES string of the molecule is CCC1OC(C)C(C)(C)C1(C)C. The van der Waals surface area contributed by atoms with E-state index in [0.29, 0.717) is 23.0 Å². The van der Waals surface area contributed by atoms with Crippen LogP contribution < -0.4 is 0 Å². The molecule has 1 heterocycles. The van der Waals surface area contributed by atoms with E-state index in [1.165, 1.54) is 0 Å². The van der Waals surface area contributed by atoms with Crippen molar-refractivity contribution in [3.8, 4) is 0 Å². The van der Waals surface area contributed by atoms with Gasteiger partial charge in [-0.3, -0.25) is 0 Å². The van der Waals surface area contributed by atoms with E-state index in [4.69, 9.17) is 4.74 Å². The van der Waals surface area contributed by atoms with Crippen LogP contribution >= 0.6 is 0 Å². The van der Waals surface area contributed by atoms with Gasteiger partial charge in [-0.25, -0.2) is 0 Å². The Bertz CT molecular complexity index is 170. The largest absolute Gasteiger partial charge is 0.374 e. The van der Waals surface area contributed by atoms with Crippen molar-refractivity contribution in [1.29, 1.82) is 0 Å². The lowest BCUT2D eigenvalue weighted by molar-refractivity contribution is 0.0225. The van der Waals surface area contributed by atoms with E-state index in [-0.39, 0.29) is 0 Å². The van der Waals surface area contributed by atoms with Crippen LogP contribution in [0.15, 0.2) is 0 Å². The normalized spacial score (nSPS) is 38.5. The fourth-order valence-electron chi connectivity index (χ4n) is 2.13. The number of hydrogen-bond acceptors (Lipinski definition) is 1. The molecular formula is C11H22O. The first kappa shape index (κ1) is 10.0. The average Bonchev–Trinajstić information content (AvgIpc) is 2.10. The molecule has 1 nitrogen and oxygen atoms in total. The van der Waals surface area contributed by atoms with Crippen molar-refractivity contribution >= 4 is 0 Å². The van der Waals surface area contributed by atoms with Crippen molar-refractivity contribution in [1.82, 2.24) is 0 Å². The summed E-state index contributed by atoms with van der Waals surface area (Å²) in [7, 11) is 0. The number of rotatable bonds is 1. The summed E-state index contributed by atoms with van der Waals surface area (Å²) >= 11 is 0. The third kappa shape index (κ3) is 1.10. The molecule has 1 saturated heterocycles. The summed E-state index contributed by atoms with van der Waals surface area (Å²) in [5, 5.41) is 0. The molecule has 0 aliphatic carbocycles. The molecule has 12 heavy (non-hydrogen) atoms. The summed E-state index contributed by atoms with van der Waals surface area (Å²) in [6.45, 7) is 13.7. The standard InChI is InChI=1S/C11H22O/c1-7-9-11(5,6)10(3,4)8(2)12-9/h8-9H,7H2,1-6H3. The lowest BCUT2D eigenvalue weighted by Gasteiger charge is -2.37. The van der Waals surface area contributed by atoms with E-state index in [1.807, 2.05) is 0 Å². The monoisotopic (exact) mass is 170 g/mol. The molecule has 1 fully saturated rings. The molecule has 0 aromatic carbocycles. The van der Waals surface area contributed by atoms with E-state index >= 15 is 0 Å². The molecule has 0 N–H and O–H groups in total. The van der Waals surface area contributed by atoms with Crippen LogP contribution in [0.25, 0.3) is 0 Å². The van der Waals surface area contributed by atoms with E-state index in [0.717, 1.165) is 6.42 Å². The highest BCUT2D eigenvalue weighted by Gasteiger charge is 2.53. The van der Waals surface area contributed by atoms with Gasteiger partial charge in [-0.15, -0.1) is 0 Å². The fraction of sp³-hybridized carbons (Fsp3) is 1.00. The predicted molar refractivity (Wildman–Crippen MR) is 52.2 cm³/mol. The van der Waals surface area contributed by atoms with Crippen LogP contribution in [0.4, 0.5) is 0 Å². The summed E-state index contributed by atoms with van der Waals surface area (Å²) in [5.74, 6) is 0. The van der Waals surface area contributed by atoms with Gasteiger partial charge in [0.05, 0.1) is 12.2 Å². The molecule has 0 spiro atoms. The lowest BCUT2D eigenvalue weighted by Crippen LogP contribution is -2.37. The van der Waals surface area contributed by atoms with Gasteiger partial charge in [0.25, 0.3) is 0 Å². The van der Waals surface area contributed by atoms with Crippen LogP contribution in [0.3, 0.4) is 0 Å². The first-order valence-electron chi connectivity index (χ1n) is 4.99. The first-order valence-corrected chi connectivity index (χ1v) is 4.99. The molecule has 1 aliphatic rings. The highest BCUT2D eigenvalue weighted by atomic mass is 16.5. The Morgan fingerprint density at radius 3 is 1.75 bits per heavy atom. The Morgan fingerprint density at radius 2 is 1.58 bits per heavy atom. The minimum absolute atomic E-state index is 0.299. The average molecular weight is 170 g/mol. The van der Waals surface area contributed by atoms with Crippen molar-refractivity contribution in [2.24, 2.45) is 10.8 Å². The molecule has 0 aromatic heterocycles. The van der Waals surface area contributed by atoms with Gasteiger partial charge >= 0.3 is 0 Å². The van der Waals surface area contributed by atoms with Crippen LogP contribution in [0.1, 0.15) is 48.0 Å². The quantitative estimate of drug-likeness (QED) is 0.587. The third-order valence-electron chi connectivity index (χ3n) is 4.22. The Balaban J connectivity index is 2.92. The van der Waals surface area contributed by atoms with E-state index in [1.54, 1.807) is 0 Å². The molecule has 1 rings (SSSR count). The third-order valence-corrected chi connectivity index (χ3v) is 4.22. The molecule has 0 aromatic rings. The van der Waals surface area contributed by atoms with Crippen LogP contribution in [0, 0.1) is 10.8 Å². The Morgan fingerprint density at radius 1 is 1.08 bits per heavy atom. The van der Waals surface area contributed by atoms with Crippen LogP contribution in [-0.4, -0.2) is 12.2 Å². The molecule has 0 radical (unpaired) electrons.